The molecule has 3 aliphatic carbocycles. The molecule has 0 amide bonds. The third kappa shape index (κ3) is 6.91. The van der Waals surface area contributed by atoms with Crippen molar-refractivity contribution in [2.24, 2.45) is 11.8 Å². The number of benzene rings is 2. The van der Waals surface area contributed by atoms with Gasteiger partial charge < -0.3 is 15.2 Å². The van der Waals surface area contributed by atoms with E-state index in [9.17, 15) is 9.90 Å². The Morgan fingerprint density at radius 1 is 1.13 bits per heavy atom. The van der Waals surface area contributed by atoms with Crippen molar-refractivity contribution in [1.82, 2.24) is 9.88 Å². The fourth-order valence-corrected chi connectivity index (χ4v) is 9.14. The minimum Gasteiger partial charge on any atom is -0.493 e. The van der Waals surface area contributed by atoms with E-state index < -0.39 is 11.5 Å². The molecule has 1 saturated carbocycles. The van der Waals surface area contributed by atoms with Gasteiger partial charge in [0, 0.05) is 34.7 Å². The summed E-state index contributed by atoms with van der Waals surface area (Å²) in [5, 5.41) is 14.6. The number of hydrogen-bond donors (Lipinski definition) is 2. The van der Waals surface area contributed by atoms with Crippen molar-refractivity contribution >= 4 is 23.3 Å². The fraction of sp³-hybridized carbons (Fsp3) is 0.550. The maximum atomic E-state index is 12.9. The van der Waals surface area contributed by atoms with Gasteiger partial charge in [-0.15, -0.1) is 0 Å². The van der Waals surface area contributed by atoms with E-state index >= 15 is 0 Å². The molecule has 2 aromatic carbocycles. The maximum Gasteiger partial charge on any atom is 0.329 e. The number of carboxylic acids is 1. The molecule has 252 valence electrons. The highest BCUT2D eigenvalue weighted by molar-refractivity contribution is 6.30. The van der Waals surface area contributed by atoms with Crippen LogP contribution in [-0.2, 0) is 29.6 Å². The Kier molecular flexibility index (Phi) is 10.2. The first-order valence-corrected chi connectivity index (χ1v) is 18.3. The van der Waals surface area contributed by atoms with Gasteiger partial charge >= 0.3 is 5.97 Å². The lowest BCUT2D eigenvalue weighted by molar-refractivity contribution is -0.144. The topological polar surface area (TPSA) is 74.7 Å². The average Bonchev–Trinajstić information content (AvgIpc) is 3.35. The Bertz CT molecular complexity index is 1560. The van der Waals surface area contributed by atoms with E-state index in [4.69, 9.17) is 16.3 Å². The molecule has 3 aliphatic rings. The molecule has 1 fully saturated rings. The van der Waals surface area contributed by atoms with Crippen LogP contribution >= 0.6 is 11.6 Å². The molecule has 3 aromatic rings. The highest BCUT2D eigenvalue weighted by Crippen LogP contribution is 2.56. The summed E-state index contributed by atoms with van der Waals surface area (Å²) in [4.78, 5) is 20.1. The number of pyridine rings is 1. The van der Waals surface area contributed by atoms with E-state index in [0.717, 1.165) is 63.2 Å². The van der Waals surface area contributed by atoms with E-state index in [0.29, 0.717) is 42.2 Å². The van der Waals surface area contributed by atoms with Gasteiger partial charge in [-0.1, -0.05) is 63.6 Å². The zero-order valence-electron chi connectivity index (χ0n) is 28.7. The van der Waals surface area contributed by atoms with Crippen molar-refractivity contribution in [3.05, 3.63) is 87.7 Å². The molecule has 0 aliphatic heterocycles. The second kappa shape index (κ2) is 14.2. The van der Waals surface area contributed by atoms with Crippen LogP contribution in [0.2, 0.25) is 5.02 Å². The Labute approximate surface area is 286 Å². The van der Waals surface area contributed by atoms with Crippen molar-refractivity contribution in [3.8, 4) is 5.75 Å². The van der Waals surface area contributed by atoms with Gasteiger partial charge in [0.15, 0.2) is 0 Å². The number of aryl methyl sites for hydroxylation is 1. The molecule has 2 N–H and O–H groups in total. The Balaban J connectivity index is 1.25. The standard InChI is InChI=1S/C40H52ClN3O3/c1-5-44(6-2)25-29-13-14-30-23-31(21-27(3)26-47-36-15-20-42-35-12-7-9-28(4)37(35)36)39(34(30)22-29)16-18-40(19-17-39,38(45)46)43-33-11-8-10-32(41)24-33/h8,10-11,13-15,20,22,24,27-28,31,43H,5-7,9,12,16-19,21,23,25-26H2,1-4H3,(H,45,46)/t27-,28-,31?,39?,40?/m1/s1. The number of nitrogens with zero attached hydrogens (tertiary/aromatic N) is 2. The number of carbonyl (C=O) groups is 1. The van der Waals surface area contributed by atoms with Crippen LogP contribution in [0.25, 0.3) is 0 Å². The summed E-state index contributed by atoms with van der Waals surface area (Å²) >= 11 is 6.28. The lowest BCUT2D eigenvalue weighted by Gasteiger charge is -2.47. The normalized spacial score (nSPS) is 25.7. The molecule has 0 radical (unpaired) electrons. The number of anilines is 1. The number of fused-ring (bicyclic) bond motifs is 3. The first kappa shape index (κ1) is 33.8. The molecule has 1 heterocycles. The number of aromatic nitrogens is 1. The molecule has 3 atom stereocenters. The SMILES string of the molecule is CCN(CC)Cc1ccc2c(c1)C1(CCC(Nc3cccc(Cl)c3)(C(=O)O)CC1)C(C[C@@H](C)COc1ccnc3c1[C@H](C)CCC3)C2. The van der Waals surface area contributed by atoms with Crippen LogP contribution in [0.5, 0.6) is 5.75 Å². The van der Waals surface area contributed by atoms with E-state index in [-0.39, 0.29) is 5.41 Å². The Morgan fingerprint density at radius 3 is 2.64 bits per heavy atom. The summed E-state index contributed by atoms with van der Waals surface area (Å²) in [5.41, 5.74) is 6.45. The van der Waals surface area contributed by atoms with E-state index in [1.165, 1.54) is 40.8 Å². The number of ether oxygens (including phenoxy) is 1. The molecular weight excluding hydrogens is 606 g/mol. The highest BCUT2D eigenvalue weighted by atomic mass is 35.5. The summed E-state index contributed by atoms with van der Waals surface area (Å²) in [5.74, 6) is 1.50. The molecule has 6 nitrogen and oxygen atoms in total. The number of rotatable bonds is 12. The molecule has 47 heavy (non-hydrogen) atoms. The van der Waals surface area contributed by atoms with Crippen molar-refractivity contribution in [2.45, 2.75) is 109 Å². The number of nitrogens with one attached hydrogen (secondary N) is 1. The van der Waals surface area contributed by atoms with Crippen LogP contribution < -0.4 is 10.1 Å². The number of carboxylic acid groups (broad SMARTS) is 1. The van der Waals surface area contributed by atoms with Crippen molar-refractivity contribution in [2.75, 3.05) is 25.0 Å². The minimum atomic E-state index is -1.02. The molecule has 0 bridgehead atoms. The third-order valence-corrected chi connectivity index (χ3v) is 11.9. The first-order chi connectivity index (χ1) is 22.7. The first-order valence-electron chi connectivity index (χ1n) is 17.9. The summed E-state index contributed by atoms with van der Waals surface area (Å²) in [7, 11) is 0. The van der Waals surface area contributed by atoms with E-state index in [1.54, 1.807) is 0 Å². The van der Waals surface area contributed by atoms with Crippen LogP contribution in [0.4, 0.5) is 5.69 Å². The van der Waals surface area contributed by atoms with Crippen LogP contribution in [-0.4, -0.2) is 46.2 Å². The van der Waals surface area contributed by atoms with Crippen LogP contribution in [0.3, 0.4) is 0 Å². The summed E-state index contributed by atoms with van der Waals surface area (Å²) in [6.07, 6.45) is 10.2. The molecule has 0 saturated heterocycles. The van der Waals surface area contributed by atoms with Gasteiger partial charge in [0.2, 0.25) is 0 Å². The van der Waals surface area contributed by atoms with Gasteiger partial charge in [-0.3, -0.25) is 9.88 Å². The molecule has 1 spiro atoms. The Hall–Kier alpha value is -3.09. The predicted molar refractivity (Wildman–Crippen MR) is 191 cm³/mol. The molecule has 1 aromatic heterocycles. The second-order valence-corrected chi connectivity index (χ2v) is 15.1. The second-order valence-electron chi connectivity index (χ2n) is 14.6. The smallest absolute Gasteiger partial charge is 0.329 e. The van der Waals surface area contributed by atoms with Gasteiger partial charge in [-0.25, -0.2) is 4.79 Å². The lowest BCUT2D eigenvalue weighted by Crippen LogP contribution is -2.53. The van der Waals surface area contributed by atoms with Crippen LogP contribution in [0.15, 0.2) is 54.7 Å². The average molecular weight is 658 g/mol. The van der Waals surface area contributed by atoms with Crippen LogP contribution in [0, 0.1) is 11.8 Å². The molecule has 7 heteroatoms. The van der Waals surface area contributed by atoms with Crippen molar-refractivity contribution in [1.29, 1.82) is 0 Å². The van der Waals surface area contributed by atoms with Gasteiger partial charge in [-0.05, 0) is 135 Å². The van der Waals surface area contributed by atoms with Gasteiger partial charge in [0.1, 0.15) is 11.3 Å². The third-order valence-electron chi connectivity index (χ3n) is 11.7. The van der Waals surface area contributed by atoms with E-state index in [2.05, 4.69) is 67.2 Å². The predicted octanol–water partition coefficient (Wildman–Crippen LogP) is 9.04. The largest absolute Gasteiger partial charge is 0.493 e. The quantitative estimate of drug-likeness (QED) is 0.202. The lowest BCUT2D eigenvalue weighted by atomic mass is 9.59. The van der Waals surface area contributed by atoms with Crippen LogP contribution in [0.1, 0.15) is 107 Å². The van der Waals surface area contributed by atoms with Crippen molar-refractivity contribution in [3.63, 3.8) is 0 Å². The van der Waals surface area contributed by atoms with Gasteiger partial charge in [-0.2, -0.15) is 0 Å². The van der Waals surface area contributed by atoms with Gasteiger partial charge in [0.05, 0.1) is 6.61 Å². The summed E-state index contributed by atoms with van der Waals surface area (Å²) < 4.78 is 6.58. The molecule has 1 unspecified atom stereocenters. The minimum absolute atomic E-state index is 0.0534. The number of hydrogen-bond acceptors (Lipinski definition) is 5. The highest BCUT2D eigenvalue weighted by Gasteiger charge is 2.54. The fourth-order valence-electron chi connectivity index (χ4n) is 8.95. The molecule has 6 rings (SSSR count). The zero-order chi connectivity index (χ0) is 33.2. The zero-order valence-corrected chi connectivity index (χ0v) is 29.4. The Morgan fingerprint density at radius 2 is 1.91 bits per heavy atom. The monoisotopic (exact) mass is 657 g/mol. The summed E-state index contributed by atoms with van der Waals surface area (Å²) in [6.45, 7) is 12.7. The van der Waals surface area contributed by atoms with Crippen molar-refractivity contribution < 1.29 is 14.6 Å². The van der Waals surface area contributed by atoms with Gasteiger partial charge in [0.25, 0.3) is 0 Å². The number of halogens is 1. The number of aliphatic carboxylic acids is 1. The van der Waals surface area contributed by atoms with E-state index in [1.807, 2.05) is 30.5 Å². The maximum absolute atomic E-state index is 12.9. The molecular formula is C40H52ClN3O3. The summed E-state index contributed by atoms with van der Waals surface area (Å²) in [6, 6.07) is 16.6.